The van der Waals surface area contributed by atoms with Crippen LogP contribution in [0.15, 0.2) is 48.8 Å². The first-order valence-electron chi connectivity index (χ1n) is 6.03. The van der Waals surface area contributed by atoms with Crippen LogP contribution in [0.1, 0.15) is 10.4 Å². The second kappa shape index (κ2) is 5.04. The topological polar surface area (TPSA) is 98.1 Å². The van der Waals surface area contributed by atoms with Crippen LogP contribution >= 0.6 is 0 Å². The van der Waals surface area contributed by atoms with Crippen LogP contribution in [0.2, 0.25) is 0 Å². The van der Waals surface area contributed by atoms with Gasteiger partial charge in [0.15, 0.2) is 0 Å². The lowest BCUT2D eigenvalue weighted by Gasteiger charge is -2.04. The second-order valence-corrected chi connectivity index (χ2v) is 4.27. The summed E-state index contributed by atoms with van der Waals surface area (Å²) in [4.78, 5) is 29.0. The number of imidazole rings is 1. The summed E-state index contributed by atoms with van der Waals surface area (Å²) in [5.74, 6) is -0.224. The molecule has 0 atom stereocenters. The number of H-pyrrole nitrogens is 1. The predicted molar refractivity (Wildman–Crippen MR) is 74.1 cm³/mol. The van der Waals surface area contributed by atoms with Crippen LogP contribution in [0, 0.1) is 10.1 Å². The summed E-state index contributed by atoms with van der Waals surface area (Å²) < 4.78 is 5.22. The Labute approximate surface area is 118 Å². The molecule has 0 radical (unpaired) electrons. The van der Waals surface area contributed by atoms with Crippen LogP contribution in [-0.2, 0) is 0 Å². The van der Waals surface area contributed by atoms with Gasteiger partial charge >= 0.3 is 5.97 Å². The summed E-state index contributed by atoms with van der Waals surface area (Å²) in [6.07, 6.45) is 1.55. The number of benzene rings is 2. The summed E-state index contributed by atoms with van der Waals surface area (Å²) in [6.45, 7) is 0. The molecule has 0 aliphatic heterocycles. The molecule has 0 aliphatic carbocycles. The smallest absolute Gasteiger partial charge is 0.343 e. The van der Waals surface area contributed by atoms with Gasteiger partial charge in [0.2, 0.25) is 0 Å². The highest BCUT2D eigenvalue weighted by atomic mass is 16.6. The number of nitro benzene ring substituents is 1. The fourth-order valence-electron chi connectivity index (χ4n) is 1.86. The van der Waals surface area contributed by atoms with E-state index in [-0.39, 0.29) is 11.3 Å². The fourth-order valence-corrected chi connectivity index (χ4v) is 1.86. The van der Waals surface area contributed by atoms with E-state index in [4.69, 9.17) is 4.74 Å². The van der Waals surface area contributed by atoms with E-state index < -0.39 is 10.9 Å². The third-order valence-electron chi connectivity index (χ3n) is 2.92. The number of ether oxygens (including phenoxy) is 1. The van der Waals surface area contributed by atoms with Crippen molar-refractivity contribution in [3.05, 3.63) is 64.5 Å². The van der Waals surface area contributed by atoms with Crippen LogP contribution in [-0.4, -0.2) is 20.9 Å². The van der Waals surface area contributed by atoms with E-state index in [0.717, 1.165) is 5.52 Å². The molecule has 0 aliphatic rings. The Balaban J connectivity index is 1.80. The maximum Gasteiger partial charge on any atom is 0.343 e. The van der Waals surface area contributed by atoms with Gasteiger partial charge in [0.1, 0.15) is 5.75 Å². The molecule has 0 saturated carbocycles. The van der Waals surface area contributed by atoms with Gasteiger partial charge in [-0.1, -0.05) is 0 Å². The van der Waals surface area contributed by atoms with Gasteiger partial charge in [-0.2, -0.15) is 0 Å². The molecule has 0 bridgehead atoms. The average molecular weight is 283 g/mol. The number of aromatic amines is 1. The predicted octanol–water partition coefficient (Wildman–Crippen LogP) is 2.69. The largest absolute Gasteiger partial charge is 0.423 e. The zero-order valence-electron chi connectivity index (χ0n) is 10.6. The standard InChI is InChI=1S/C14H9N3O4/c18-14(9-1-3-10(4-2-9)17(19)20)21-11-5-6-12-13(7-11)16-8-15-12/h1-8H,(H,15,16). The van der Waals surface area contributed by atoms with Crippen molar-refractivity contribution >= 4 is 22.7 Å². The second-order valence-electron chi connectivity index (χ2n) is 4.27. The van der Waals surface area contributed by atoms with Gasteiger partial charge in [0.25, 0.3) is 5.69 Å². The normalized spacial score (nSPS) is 10.5. The van der Waals surface area contributed by atoms with E-state index in [1.807, 2.05) is 0 Å². The van der Waals surface area contributed by atoms with E-state index >= 15 is 0 Å². The first kappa shape index (κ1) is 12.8. The first-order chi connectivity index (χ1) is 10.1. The van der Waals surface area contributed by atoms with Crippen molar-refractivity contribution in [1.82, 2.24) is 9.97 Å². The Kier molecular flexibility index (Phi) is 3.07. The molecule has 0 saturated heterocycles. The summed E-state index contributed by atoms with van der Waals surface area (Å²) >= 11 is 0. The van der Waals surface area contributed by atoms with Gasteiger partial charge in [-0.25, -0.2) is 9.78 Å². The number of fused-ring (bicyclic) bond motifs is 1. The summed E-state index contributed by atoms with van der Waals surface area (Å²) in [5, 5.41) is 10.6. The first-order valence-corrected chi connectivity index (χ1v) is 6.03. The van der Waals surface area contributed by atoms with Crippen LogP contribution in [0.25, 0.3) is 11.0 Å². The van der Waals surface area contributed by atoms with Crippen LogP contribution < -0.4 is 4.74 Å². The summed E-state index contributed by atoms with van der Waals surface area (Å²) in [5.41, 5.74) is 1.68. The van der Waals surface area contributed by atoms with Crippen molar-refractivity contribution in [1.29, 1.82) is 0 Å². The minimum atomic E-state index is -0.584. The van der Waals surface area contributed by atoms with Gasteiger partial charge in [-0.05, 0) is 24.3 Å². The molecule has 21 heavy (non-hydrogen) atoms. The zero-order valence-corrected chi connectivity index (χ0v) is 10.6. The minimum absolute atomic E-state index is 0.0792. The number of aromatic nitrogens is 2. The molecule has 1 N–H and O–H groups in total. The molecular formula is C14H9N3O4. The molecule has 2 aromatic carbocycles. The van der Waals surface area contributed by atoms with Crippen molar-refractivity contribution in [3.63, 3.8) is 0 Å². The SMILES string of the molecule is O=C(Oc1ccc2[nH]cnc2c1)c1ccc([N+](=O)[O-])cc1. The van der Waals surface area contributed by atoms with E-state index in [2.05, 4.69) is 9.97 Å². The van der Waals surface area contributed by atoms with Crippen molar-refractivity contribution in [2.24, 2.45) is 0 Å². The lowest BCUT2D eigenvalue weighted by Crippen LogP contribution is -2.08. The van der Waals surface area contributed by atoms with Crippen LogP contribution in [0.3, 0.4) is 0 Å². The third-order valence-corrected chi connectivity index (χ3v) is 2.92. The number of nitro groups is 1. The Morgan fingerprint density at radius 2 is 1.95 bits per heavy atom. The molecule has 0 unspecified atom stereocenters. The van der Waals surface area contributed by atoms with Crippen LogP contribution in [0.4, 0.5) is 5.69 Å². The molecule has 0 fully saturated rings. The maximum atomic E-state index is 11.9. The number of hydrogen-bond donors (Lipinski definition) is 1. The summed E-state index contributed by atoms with van der Waals surface area (Å²) in [6, 6.07) is 10.3. The average Bonchev–Trinajstić information content (AvgIpc) is 2.95. The van der Waals surface area contributed by atoms with Gasteiger partial charge < -0.3 is 9.72 Å². The number of hydrogen-bond acceptors (Lipinski definition) is 5. The number of carbonyl (C=O) groups is 1. The lowest BCUT2D eigenvalue weighted by atomic mass is 10.2. The number of rotatable bonds is 3. The Morgan fingerprint density at radius 3 is 2.67 bits per heavy atom. The van der Waals surface area contributed by atoms with E-state index in [0.29, 0.717) is 11.3 Å². The quantitative estimate of drug-likeness (QED) is 0.345. The van der Waals surface area contributed by atoms with Crippen molar-refractivity contribution in [2.45, 2.75) is 0 Å². The van der Waals surface area contributed by atoms with Gasteiger partial charge in [0, 0.05) is 18.2 Å². The molecule has 104 valence electrons. The molecule has 1 heterocycles. The Hall–Kier alpha value is -3.22. The molecule has 7 heteroatoms. The zero-order chi connectivity index (χ0) is 14.8. The molecule has 7 nitrogen and oxygen atoms in total. The lowest BCUT2D eigenvalue weighted by molar-refractivity contribution is -0.384. The molecule has 1 aromatic heterocycles. The number of non-ortho nitro benzene ring substituents is 1. The molecule has 3 rings (SSSR count). The van der Waals surface area contributed by atoms with Crippen molar-refractivity contribution < 1.29 is 14.5 Å². The number of nitrogens with one attached hydrogen (secondary N) is 1. The third kappa shape index (κ3) is 2.57. The fraction of sp³-hybridized carbons (Fsp3) is 0. The highest BCUT2D eigenvalue weighted by molar-refractivity contribution is 5.91. The highest BCUT2D eigenvalue weighted by Crippen LogP contribution is 2.19. The summed E-state index contributed by atoms with van der Waals surface area (Å²) in [7, 11) is 0. The molecule has 0 amide bonds. The van der Waals surface area contributed by atoms with E-state index in [1.165, 1.54) is 24.3 Å². The molecular weight excluding hydrogens is 274 g/mol. The highest BCUT2D eigenvalue weighted by Gasteiger charge is 2.12. The monoisotopic (exact) mass is 283 g/mol. The van der Waals surface area contributed by atoms with Gasteiger partial charge in [-0.15, -0.1) is 0 Å². The maximum absolute atomic E-state index is 11.9. The number of carbonyl (C=O) groups excluding carboxylic acids is 1. The van der Waals surface area contributed by atoms with Crippen molar-refractivity contribution in [3.8, 4) is 5.75 Å². The molecule has 0 spiro atoms. The number of nitrogens with zero attached hydrogens (tertiary/aromatic N) is 2. The minimum Gasteiger partial charge on any atom is -0.423 e. The van der Waals surface area contributed by atoms with E-state index in [9.17, 15) is 14.9 Å². The number of esters is 1. The van der Waals surface area contributed by atoms with Gasteiger partial charge in [0.05, 0.1) is 27.8 Å². The van der Waals surface area contributed by atoms with Crippen molar-refractivity contribution in [2.75, 3.05) is 0 Å². The molecule has 3 aromatic rings. The van der Waals surface area contributed by atoms with Crippen LogP contribution in [0.5, 0.6) is 5.75 Å². The van der Waals surface area contributed by atoms with Gasteiger partial charge in [-0.3, -0.25) is 10.1 Å². The Morgan fingerprint density at radius 1 is 1.19 bits per heavy atom. The Bertz CT molecular complexity index is 824. The van der Waals surface area contributed by atoms with E-state index in [1.54, 1.807) is 24.5 Å².